The molecule has 2 rings (SSSR count). The van der Waals surface area contributed by atoms with E-state index in [1.54, 1.807) is 20.3 Å². The Kier molecular flexibility index (Phi) is 9.79. The number of methoxy groups -OCH3 is 2. The van der Waals surface area contributed by atoms with Crippen molar-refractivity contribution in [2.45, 2.75) is 52.2 Å². The van der Waals surface area contributed by atoms with E-state index in [1.807, 2.05) is 56.3 Å². The van der Waals surface area contributed by atoms with Crippen LogP contribution in [0.3, 0.4) is 0 Å². The molecule has 0 saturated heterocycles. The number of hydrogen-bond donors (Lipinski definition) is 0. The summed E-state index contributed by atoms with van der Waals surface area (Å²) in [7, 11) is 3.25. The number of esters is 1. The molecule has 0 bridgehead atoms. The van der Waals surface area contributed by atoms with Crippen molar-refractivity contribution >= 4 is 12.0 Å². The third-order valence-corrected chi connectivity index (χ3v) is 4.85. The molecule has 0 heterocycles. The fourth-order valence-electron chi connectivity index (χ4n) is 3.03. The maximum atomic E-state index is 12.5. The molecule has 0 fully saturated rings. The molecule has 0 aliphatic rings. The quantitative estimate of drug-likeness (QED) is 0.332. The van der Waals surface area contributed by atoms with E-state index in [0.29, 0.717) is 0 Å². The summed E-state index contributed by atoms with van der Waals surface area (Å²) in [5.74, 6) is 1.79. The minimum absolute atomic E-state index is 0.00664. The molecule has 1 atom stereocenters. The van der Waals surface area contributed by atoms with E-state index in [1.165, 1.54) is 6.08 Å². The van der Waals surface area contributed by atoms with Gasteiger partial charge in [0.15, 0.2) is 6.10 Å². The van der Waals surface area contributed by atoms with Gasteiger partial charge in [-0.3, -0.25) is 0 Å². The normalized spacial score (nSPS) is 12.6. The lowest BCUT2D eigenvalue weighted by Crippen LogP contribution is -2.31. The highest BCUT2D eigenvalue weighted by atomic mass is 16.6. The SMILES string of the molecule is COc1ccc(C=CC(=O)OC(COc2ccc(OC)cc2C(C)(C)C)COC(C)C)cc1. The summed E-state index contributed by atoms with van der Waals surface area (Å²) in [5, 5.41) is 0. The zero-order chi connectivity index (χ0) is 24.4. The number of rotatable bonds is 11. The van der Waals surface area contributed by atoms with Crippen LogP contribution in [0.5, 0.6) is 17.2 Å². The van der Waals surface area contributed by atoms with Crippen LogP contribution >= 0.6 is 0 Å². The minimum atomic E-state index is -0.560. The Balaban J connectivity index is 2.08. The zero-order valence-corrected chi connectivity index (χ0v) is 20.7. The van der Waals surface area contributed by atoms with Crippen molar-refractivity contribution in [1.82, 2.24) is 0 Å². The van der Waals surface area contributed by atoms with Gasteiger partial charge in [-0.1, -0.05) is 32.9 Å². The van der Waals surface area contributed by atoms with Gasteiger partial charge in [0.1, 0.15) is 23.9 Å². The van der Waals surface area contributed by atoms with Gasteiger partial charge in [-0.2, -0.15) is 0 Å². The van der Waals surface area contributed by atoms with Crippen LogP contribution in [0.15, 0.2) is 48.5 Å². The first-order valence-electron chi connectivity index (χ1n) is 11.1. The van der Waals surface area contributed by atoms with E-state index in [2.05, 4.69) is 20.8 Å². The summed E-state index contributed by atoms with van der Waals surface area (Å²) in [6.45, 7) is 10.6. The van der Waals surface area contributed by atoms with E-state index >= 15 is 0 Å². The van der Waals surface area contributed by atoms with Crippen molar-refractivity contribution in [3.05, 3.63) is 59.7 Å². The highest BCUT2D eigenvalue weighted by Gasteiger charge is 2.22. The molecular weight excluding hydrogens is 420 g/mol. The lowest BCUT2D eigenvalue weighted by atomic mass is 9.86. The average molecular weight is 457 g/mol. The average Bonchev–Trinajstić information content (AvgIpc) is 2.79. The lowest BCUT2D eigenvalue weighted by molar-refractivity contribution is -0.149. The van der Waals surface area contributed by atoms with Gasteiger partial charge < -0.3 is 23.7 Å². The molecule has 180 valence electrons. The molecule has 6 nitrogen and oxygen atoms in total. The van der Waals surface area contributed by atoms with E-state index in [-0.39, 0.29) is 24.7 Å². The van der Waals surface area contributed by atoms with Crippen LogP contribution < -0.4 is 14.2 Å². The smallest absolute Gasteiger partial charge is 0.331 e. The van der Waals surface area contributed by atoms with E-state index in [0.717, 1.165) is 28.4 Å². The molecule has 1 unspecified atom stereocenters. The maximum absolute atomic E-state index is 12.5. The molecule has 0 spiro atoms. The summed E-state index contributed by atoms with van der Waals surface area (Å²) in [6.07, 6.45) is 2.55. The molecule has 0 amide bonds. The first-order chi connectivity index (χ1) is 15.6. The molecule has 2 aromatic carbocycles. The third kappa shape index (κ3) is 8.81. The third-order valence-electron chi connectivity index (χ3n) is 4.85. The Hall–Kier alpha value is -2.99. The number of benzene rings is 2. The van der Waals surface area contributed by atoms with Crippen LogP contribution in [0.4, 0.5) is 0 Å². The molecular formula is C27H36O6. The lowest BCUT2D eigenvalue weighted by Gasteiger charge is -2.25. The van der Waals surface area contributed by atoms with Gasteiger partial charge in [0, 0.05) is 11.6 Å². The van der Waals surface area contributed by atoms with Crippen molar-refractivity contribution in [2.24, 2.45) is 0 Å². The zero-order valence-electron chi connectivity index (χ0n) is 20.7. The van der Waals surface area contributed by atoms with Gasteiger partial charge in [-0.25, -0.2) is 4.79 Å². The second-order valence-electron chi connectivity index (χ2n) is 8.97. The van der Waals surface area contributed by atoms with Crippen molar-refractivity contribution in [3.8, 4) is 17.2 Å². The molecule has 0 aliphatic heterocycles. The van der Waals surface area contributed by atoms with Crippen molar-refractivity contribution in [1.29, 1.82) is 0 Å². The van der Waals surface area contributed by atoms with Gasteiger partial charge in [0.25, 0.3) is 0 Å². The topological polar surface area (TPSA) is 63.2 Å². The number of carbonyl (C=O) groups excluding carboxylic acids is 1. The van der Waals surface area contributed by atoms with Gasteiger partial charge in [-0.15, -0.1) is 0 Å². The Morgan fingerprint density at radius 1 is 0.939 bits per heavy atom. The number of ether oxygens (including phenoxy) is 5. The van der Waals surface area contributed by atoms with Crippen LogP contribution in [-0.4, -0.2) is 45.6 Å². The summed E-state index contributed by atoms with van der Waals surface area (Å²) < 4.78 is 27.9. The first-order valence-corrected chi connectivity index (χ1v) is 11.1. The monoisotopic (exact) mass is 456 g/mol. The fraction of sp³-hybridized carbons (Fsp3) is 0.444. The van der Waals surface area contributed by atoms with Crippen molar-refractivity contribution in [3.63, 3.8) is 0 Å². The standard InChI is InChI=1S/C27H36O6/c1-19(2)31-17-23(33-26(28)15-10-20-8-11-21(29-6)12-9-20)18-32-25-14-13-22(30-7)16-24(25)27(3,4)5/h8-16,19,23H,17-18H2,1-7H3. The molecule has 6 heteroatoms. The molecule has 0 saturated carbocycles. The van der Waals surface area contributed by atoms with Gasteiger partial charge in [-0.05, 0) is 61.2 Å². The number of carbonyl (C=O) groups is 1. The highest BCUT2D eigenvalue weighted by Crippen LogP contribution is 2.34. The van der Waals surface area contributed by atoms with Crippen LogP contribution in [0.2, 0.25) is 0 Å². The Bertz CT molecular complexity index is 909. The highest BCUT2D eigenvalue weighted by molar-refractivity contribution is 5.87. The van der Waals surface area contributed by atoms with Gasteiger partial charge >= 0.3 is 5.97 Å². The van der Waals surface area contributed by atoms with Crippen LogP contribution in [-0.2, 0) is 19.7 Å². The molecule has 33 heavy (non-hydrogen) atoms. The molecule has 2 aromatic rings. The second-order valence-corrected chi connectivity index (χ2v) is 8.97. The first kappa shape index (κ1) is 26.3. The molecule has 0 aromatic heterocycles. The summed E-state index contributed by atoms with van der Waals surface area (Å²) >= 11 is 0. The van der Waals surface area contributed by atoms with Gasteiger partial charge in [0.2, 0.25) is 0 Å². The molecule has 0 N–H and O–H groups in total. The molecule has 0 aliphatic carbocycles. The number of hydrogen-bond acceptors (Lipinski definition) is 6. The van der Waals surface area contributed by atoms with Crippen LogP contribution in [0, 0.1) is 0 Å². The summed E-state index contributed by atoms with van der Waals surface area (Å²) in [6, 6.07) is 13.1. The summed E-state index contributed by atoms with van der Waals surface area (Å²) in [4.78, 5) is 12.5. The predicted octanol–water partition coefficient (Wildman–Crippen LogP) is 5.43. The van der Waals surface area contributed by atoms with E-state index < -0.39 is 12.1 Å². The van der Waals surface area contributed by atoms with Crippen LogP contribution in [0.1, 0.15) is 45.7 Å². The van der Waals surface area contributed by atoms with E-state index in [4.69, 9.17) is 23.7 Å². The van der Waals surface area contributed by atoms with E-state index in [9.17, 15) is 4.79 Å². The van der Waals surface area contributed by atoms with Crippen molar-refractivity contribution in [2.75, 3.05) is 27.4 Å². The van der Waals surface area contributed by atoms with Gasteiger partial charge in [0.05, 0.1) is 26.9 Å². The Labute approximate surface area is 197 Å². The Morgan fingerprint density at radius 2 is 1.58 bits per heavy atom. The minimum Gasteiger partial charge on any atom is -0.497 e. The maximum Gasteiger partial charge on any atom is 0.331 e. The Morgan fingerprint density at radius 3 is 2.15 bits per heavy atom. The molecule has 0 radical (unpaired) electrons. The summed E-state index contributed by atoms with van der Waals surface area (Å²) in [5.41, 5.74) is 1.73. The fourth-order valence-corrected chi connectivity index (χ4v) is 3.03. The largest absolute Gasteiger partial charge is 0.497 e. The van der Waals surface area contributed by atoms with Crippen LogP contribution in [0.25, 0.3) is 6.08 Å². The predicted molar refractivity (Wildman–Crippen MR) is 130 cm³/mol. The second kappa shape index (κ2) is 12.3. The van der Waals surface area contributed by atoms with Crippen molar-refractivity contribution < 1.29 is 28.5 Å².